The van der Waals surface area contributed by atoms with Crippen molar-refractivity contribution in [1.29, 1.82) is 0 Å². The molecule has 1 aliphatic heterocycles. The Balaban J connectivity index is 2.22. The van der Waals surface area contributed by atoms with Crippen LogP contribution in [0.3, 0.4) is 0 Å². The topological polar surface area (TPSA) is 50.2 Å². The molecular formula is C14H31N3O2. The van der Waals surface area contributed by atoms with Gasteiger partial charge in [-0.3, -0.25) is 4.90 Å². The number of rotatable bonds is 9. The zero-order valence-electron chi connectivity index (χ0n) is 12.6. The minimum Gasteiger partial charge on any atom is -0.395 e. The maximum absolute atomic E-state index is 9.08. The first-order chi connectivity index (χ1) is 9.17. The van der Waals surface area contributed by atoms with Crippen molar-refractivity contribution >= 4 is 0 Å². The average Bonchev–Trinajstić information content (AvgIpc) is 2.39. The van der Waals surface area contributed by atoms with Crippen LogP contribution in [0.5, 0.6) is 0 Å². The van der Waals surface area contributed by atoms with Gasteiger partial charge in [0, 0.05) is 19.1 Å². The highest BCUT2D eigenvalue weighted by Gasteiger charge is 2.23. The van der Waals surface area contributed by atoms with E-state index in [0.29, 0.717) is 19.1 Å². The second-order valence-electron chi connectivity index (χ2n) is 5.71. The molecule has 1 saturated heterocycles. The number of hydrogen-bond donors (Lipinski definition) is 2. The highest BCUT2D eigenvalue weighted by atomic mass is 16.3. The molecule has 0 spiro atoms. The lowest BCUT2D eigenvalue weighted by atomic mass is 10.0. The lowest BCUT2D eigenvalue weighted by molar-refractivity contribution is 0.0751. The van der Waals surface area contributed by atoms with E-state index in [1.165, 1.54) is 13.0 Å². The third kappa shape index (κ3) is 6.68. The van der Waals surface area contributed by atoms with Gasteiger partial charge in [0.2, 0.25) is 0 Å². The van der Waals surface area contributed by atoms with Crippen LogP contribution in [-0.2, 0) is 0 Å². The van der Waals surface area contributed by atoms with E-state index < -0.39 is 0 Å². The highest BCUT2D eigenvalue weighted by molar-refractivity contribution is 4.79. The lowest BCUT2D eigenvalue weighted by Crippen LogP contribution is -2.47. The Morgan fingerprint density at radius 2 is 1.58 bits per heavy atom. The zero-order chi connectivity index (χ0) is 14.1. The van der Waals surface area contributed by atoms with Gasteiger partial charge in [-0.2, -0.15) is 0 Å². The molecule has 0 atom stereocenters. The normalized spacial score (nSPS) is 18.6. The number of aliphatic hydroxyl groups is 2. The van der Waals surface area contributed by atoms with E-state index in [1.54, 1.807) is 0 Å². The summed E-state index contributed by atoms with van der Waals surface area (Å²) in [6, 6.07) is 0.532. The van der Waals surface area contributed by atoms with Crippen molar-refractivity contribution in [3.8, 4) is 0 Å². The molecule has 0 aromatic heterocycles. The monoisotopic (exact) mass is 273 g/mol. The van der Waals surface area contributed by atoms with Gasteiger partial charge in [0.05, 0.1) is 13.2 Å². The van der Waals surface area contributed by atoms with E-state index in [1.807, 2.05) is 0 Å². The molecule has 0 radical (unpaired) electrons. The van der Waals surface area contributed by atoms with E-state index in [0.717, 1.165) is 32.5 Å². The Hall–Kier alpha value is -0.200. The number of likely N-dealkylation sites (tertiary alicyclic amines) is 1. The Bertz CT molecular complexity index is 213. The number of piperidine rings is 1. The molecule has 0 aromatic rings. The first-order valence-electron chi connectivity index (χ1n) is 7.50. The van der Waals surface area contributed by atoms with Crippen molar-refractivity contribution in [3.63, 3.8) is 0 Å². The molecule has 2 N–H and O–H groups in total. The summed E-state index contributed by atoms with van der Waals surface area (Å²) < 4.78 is 0. The maximum Gasteiger partial charge on any atom is 0.0558 e. The Morgan fingerprint density at radius 3 is 2.05 bits per heavy atom. The molecule has 1 aliphatic rings. The van der Waals surface area contributed by atoms with Gasteiger partial charge in [-0.25, -0.2) is 0 Å². The van der Waals surface area contributed by atoms with Gasteiger partial charge in [-0.15, -0.1) is 0 Å². The minimum absolute atomic E-state index is 0.184. The van der Waals surface area contributed by atoms with Crippen molar-refractivity contribution in [1.82, 2.24) is 14.7 Å². The molecule has 1 fully saturated rings. The highest BCUT2D eigenvalue weighted by Crippen LogP contribution is 2.16. The molecule has 0 amide bonds. The predicted octanol–water partition coefficient (Wildman–Crippen LogP) is -0.311. The Labute approximate surface area is 117 Å². The molecule has 5 nitrogen and oxygen atoms in total. The van der Waals surface area contributed by atoms with Crippen LogP contribution < -0.4 is 0 Å². The SMILES string of the molecule is CN(C)CCCN1CCC(N(CCO)CCO)CC1. The molecule has 0 aliphatic carbocycles. The molecule has 19 heavy (non-hydrogen) atoms. The van der Waals surface area contributed by atoms with Gasteiger partial charge in [0.15, 0.2) is 0 Å². The van der Waals surface area contributed by atoms with Crippen LogP contribution in [0.25, 0.3) is 0 Å². The van der Waals surface area contributed by atoms with Crippen LogP contribution >= 0.6 is 0 Å². The van der Waals surface area contributed by atoms with Crippen LogP contribution in [0.4, 0.5) is 0 Å². The van der Waals surface area contributed by atoms with Crippen LogP contribution in [0.2, 0.25) is 0 Å². The first kappa shape index (κ1) is 16.9. The second-order valence-corrected chi connectivity index (χ2v) is 5.71. The number of nitrogens with zero attached hydrogens (tertiary/aromatic N) is 3. The molecule has 5 heteroatoms. The summed E-state index contributed by atoms with van der Waals surface area (Å²) in [7, 11) is 4.24. The molecular weight excluding hydrogens is 242 g/mol. The van der Waals surface area contributed by atoms with E-state index in [9.17, 15) is 0 Å². The van der Waals surface area contributed by atoms with Gasteiger partial charge < -0.3 is 20.0 Å². The molecule has 0 bridgehead atoms. The van der Waals surface area contributed by atoms with Gasteiger partial charge in [-0.05, 0) is 59.5 Å². The van der Waals surface area contributed by atoms with Crippen LogP contribution in [-0.4, -0.2) is 97.5 Å². The lowest BCUT2D eigenvalue weighted by Gasteiger charge is -2.38. The summed E-state index contributed by atoms with van der Waals surface area (Å²) in [6.45, 7) is 6.37. The van der Waals surface area contributed by atoms with Gasteiger partial charge >= 0.3 is 0 Å². The van der Waals surface area contributed by atoms with Crippen LogP contribution in [0.15, 0.2) is 0 Å². The number of hydrogen-bond acceptors (Lipinski definition) is 5. The molecule has 1 rings (SSSR count). The largest absolute Gasteiger partial charge is 0.395 e. The van der Waals surface area contributed by atoms with E-state index >= 15 is 0 Å². The van der Waals surface area contributed by atoms with E-state index in [-0.39, 0.29) is 13.2 Å². The Morgan fingerprint density at radius 1 is 1.00 bits per heavy atom. The standard InChI is InChI=1S/C14H31N3O2/c1-15(2)6-3-7-16-8-4-14(5-9-16)17(10-12-18)11-13-19/h14,18-19H,3-13H2,1-2H3. The summed E-state index contributed by atoms with van der Waals surface area (Å²) in [6.07, 6.45) is 3.54. The van der Waals surface area contributed by atoms with Crippen molar-refractivity contribution in [2.75, 3.05) is 66.6 Å². The van der Waals surface area contributed by atoms with Gasteiger partial charge in [-0.1, -0.05) is 0 Å². The fraction of sp³-hybridized carbons (Fsp3) is 1.00. The molecule has 0 unspecified atom stereocenters. The van der Waals surface area contributed by atoms with Crippen LogP contribution in [0.1, 0.15) is 19.3 Å². The fourth-order valence-corrected chi connectivity index (χ4v) is 2.85. The summed E-state index contributed by atoms with van der Waals surface area (Å²) in [5.41, 5.74) is 0. The van der Waals surface area contributed by atoms with Crippen molar-refractivity contribution < 1.29 is 10.2 Å². The summed E-state index contributed by atoms with van der Waals surface area (Å²) in [4.78, 5) is 7.00. The molecule has 0 aromatic carbocycles. The van der Waals surface area contributed by atoms with E-state index in [4.69, 9.17) is 10.2 Å². The van der Waals surface area contributed by atoms with Crippen LogP contribution in [0, 0.1) is 0 Å². The third-order valence-electron chi connectivity index (χ3n) is 3.93. The first-order valence-corrected chi connectivity index (χ1v) is 7.50. The van der Waals surface area contributed by atoms with Crippen molar-refractivity contribution in [2.45, 2.75) is 25.3 Å². The third-order valence-corrected chi connectivity index (χ3v) is 3.93. The zero-order valence-corrected chi connectivity index (χ0v) is 12.6. The van der Waals surface area contributed by atoms with E-state index in [2.05, 4.69) is 28.8 Å². The van der Waals surface area contributed by atoms with Crippen molar-refractivity contribution in [3.05, 3.63) is 0 Å². The summed E-state index contributed by atoms with van der Waals surface area (Å²) in [5.74, 6) is 0. The quantitative estimate of drug-likeness (QED) is 0.603. The van der Waals surface area contributed by atoms with Crippen molar-refractivity contribution in [2.24, 2.45) is 0 Å². The average molecular weight is 273 g/mol. The second kappa shape index (κ2) is 9.66. The van der Waals surface area contributed by atoms with Gasteiger partial charge in [0.25, 0.3) is 0 Å². The fourth-order valence-electron chi connectivity index (χ4n) is 2.85. The molecule has 0 saturated carbocycles. The van der Waals surface area contributed by atoms with Gasteiger partial charge in [0.1, 0.15) is 0 Å². The molecule has 1 heterocycles. The Kier molecular flexibility index (Phi) is 8.57. The smallest absolute Gasteiger partial charge is 0.0558 e. The predicted molar refractivity (Wildman–Crippen MR) is 78.4 cm³/mol. The summed E-state index contributed by atoms with van der Waals surface area (Å²) >= 11 is 0. The maximum atomic E-state index is 9.08. The number of aliphatic hydroxyl groups excluding tert-OH is 2. The summed E-state index contributed by atoms with van der Waals surface area (Å²) in [5, 5.41) is 18.2. The minimum atomic E-state index is 0.184. The molecule has 114 valence electrons.